The Morgan fingerprint density at radius 3 is 2.78 bits per heavy atom. The molecular weight excluding hydrogens is 290 g/mol. The smallest absolute Gasteiger partial charge is 0.226 e. The van der Waals surface area contributed by atoms with Crippen LogP contribution in [0.4, 0.5) is 0 Å². The lowest BCUT2D eigenvalue weighted by atomic mass is 10.1. The van der Waals surface area contributed by atoms with E-state index in [-0.39, 0.29) is 5.92 Å². The molecule has 5 nitrogen and oxygen atoms in total. The van der Waals surface area contributed by atoms with Gasteiger partial charge < -0.3 is 9.64 Å². The second kappa shape index (κ2) is 5.28. The second-order valence-corrected chi connectivity index (χ2v) is 7.58. The van der Waals surface area contributed by atoms with Gasteiger partial charge in [-0.05, 0) is 48.4 Å². The van der Waals surface area contributed by atoms with E-state index in [1.165, 1.54) is 12.0 Å². The van der Waals surface area contributed by atoms with Crippen LogP contribution in [0.5, 0.6) is 0 Å². The van der Waals surface area contributed by atoms with E-state index in [1.807, 2.05) is 12.4 Å². The van der Waals surface area contributed by atoms with E-state index < -0.39 is 0 Å². The molecule has 23 heavy (non-hydrogen) atoms. The molecular formula is C18H23N3O2. The van der Waals surface area contributed by atoms with Crippen LogP contribution in [0.2, 0.25) is 0 Å². The molecule has 1 amide bonds. The van der Waals surface area contributed by atoms with Crippen molar-refractivity contribution < 1.29 is 9.53 Å². The summed E-state index contributed by atoms with van der Waals surface area (Å²) < 4.78 is 5.42. The number of ether oxygens (including phenoxy) is 1. The van der Waals surface area contributed by atoms with Crippen molar-refractivity contribution in [2.24, 2.45) is 23.7 Å². The third-order valence-corrected chi connectivity index (χ3v) is 6.35. The van der Waals surface area contributed by atoms with Crippen LogP contribution in [0.25, 0.3) is 0 Å². The Morgan fingerprint density at radius 2 is 2.00 bits per heavy atom. The molecule has 0 radical (unpaired) electrons. The molecule has 0 spiro atoms. The standard InChI is InChI=1S/C18H23N3O2/c22-18(17-14-10-23-11-15(14)17)21-8-13-3-6-20(16(13)9-21)7-12-1-4-19-5-2-12/h1-2,4-5,13-17H,3,6-11H2/t13-,14-,15+,16+,17?/m1/s1. The van der Waals surface area contributed by atoms with Crippen molar-refractivity contribution in [2.75, 3.05) is 32.8 Å². The van der Waals surface area contributed by atoms with Gasteiger partial charge in [-0.15, -0.1) is 0 Å². The topological polar surface area (TPSA) is 45.7 Å². The third kappa shape index (κ3) is 2.29. The highest BCUT2D eigenvalue weighted by molar-refractivity contribution is 5.83. The summed E-state index contributed by atoms with van der Waals surface area (Å²) in [6.45, 7) is 5.63. The van der Waals surface area contributed by atoms with Crippen LogP contribution in [0.3, 0.4) is 0 Å². The first-order valence-electron chi connectivity index (χ1n) is 8.81. The molecule has 3 saturated heterocycles. The zero-order valence-electron chi connectivity index (χ0n) is 13.3. The molecule has 1 saturated carbocycles. The minimum Gasteiger partial charge on any atom is -0.381 e. The van der Waals surface area contributed by atoms with Gasteiger partial charge in [0.05, 0.1) is 13.2 Å². The number of aromatic nitrogens is 1. The van der Waals surface area contributed by atoms with E-state index >= 15 is 0 Å². The normalized spacial score (nSPS) is 38.6. The van der Waals surface area contributed by atoms with Gasteiger partial charge in [-0.2, -0.15) is 0 Å². The quantitative estimate of drug-likeness (QED) is 0.835. The monoisotopic (exact) mass is 313 g/mol. The molecule has 0 aromatic carbocycles. The highest BCUT2D eigenvalue weighted by atomic mass is 16.5. The number of rotatable bonds is 3. The Bertz CT molecular complexity index is 598. The number of pyridine rings is 1. The van der Waals surface area contributed by atoms with E-state index in [9.17, 15) is 4.79 Å². The van der Waals surface area contributed by atoms with E-state index in [1.54, 1.807) is 0 Å². The van der Waals surface area contributed by atoms with Gasteiger partial charge >= 0.3 is 0 Å². The fourth-order valence-corrected chi connectivity index (χ4v) is 4.96. The SMILES string of the molecule is O=C(C1[C@H]2COC[C@@H]12)N1C[C@H]2CCN(Cc3ccncc3)[C@H]2C1. The average Bonchev–Trinajstić information content (AvgIpc) is 2.98. The molecule has 0 bridgehead atoms. The van der Waals surface area contributed by atoms with Crippen LogP contribution in [0, 0.1) is 23.7 Å². The van der Waals surface area contributed by atoms with E-state index in [2.05, 4.69) is 26.9 Å². The van der Waals surface area contributed by atoms with Crippen molar-refractivity contribution in [1.82, 2.24) is 14.8 Å². The number of carbonyl (C=O) groups is 1. The number of carbonyl (C=O) groups excluding carboxylic acids is 1. The summed E-state index contributed by atoms with van der Waals surface area (Å²) in [5.74, 6) is 2.39. The van der Waals surface area contributed by atoms with Gasteiger partial charge in [-0.1, -0.05) is 0 Å². The molecule has 5 atom stereocenters. The summed E-state index contributed by atoms with van der Waals surface area (Å²) in [5, 5.41) is 0. The number of hydrogen-bond donors (Lipinski definition) is 0. The number of fused-ring (bicyclic) bond motifs is 2. The fraction of sp³-hybridized carbons (Fsp3) is 0.667. The Kier molecular flexibility index (Phi) is 3.20. The van der Waals surface area contributed by atoms with Crippen molar-refractivity contribution in [2.45, 2.75) is 19.0 Å². The number of nitrogens with zero attached hydrogens (tertiary/aromatic N) is 3. The largest absolute Gasteiger partial charge is 0.381 e. The Labute approximate surface area is 136 Å². The van der Waals surface area contributed by atoms with Crippen molar-refractivity contribution in [3.63, 3.8) is 0 Å². The van der Waals surface area contributed by atoms with Crippen molar-refractivity contribution in [3.8, 4) is 0 Å². The molecule has 1 aliphatic carbocycles. The molecule has 122 valence electrons. The first-order valence-corrected chi connectivity index (χ1v) is 8.81. The minimum absolute atomic E-state index is 0.274. The lowest BCUT2D eigenvalue weighted by Gasteiger charge is -2.25. The van der Waals surface area contributed by atoms with Gasteiger partial charge in [0.1, 0.15) is 0 Å². The van der Waals surface area contributed by atoms with Crippen molar-refractivity contribution in [3.05, 3.63) is 30.1 Å². The van der Waals surface area contributed by atoms with Crippen LogP contribution in [-0.4, -0.2) is 59.6 Å². The van der Waals surface area contributed by atoms with Crippen molar-refractivity contribution >= 4 is 5.91 Å². The maximum absolute atomic E-state index is 12.8. The predicted octanol–water partition coefficient (Wildman–Crippen LogP) is 1.01. The van der Waals surface area contributed by atoms with Crippen LogP contribution in [0.15, 0.2) is 24.5 Å². The van der Waals surface area contributed by atoms with Gasteiger partial charge in [0.15, 0.2) is 0 Å². The first-order chi connectivity index (χ1) is 11.3. The molecule has 5 rings (SSSR count). The number of likely N-dealkylation sites (tertiary alicyclic amines) is 2. The second-order valence-electron chi connectivity index (χ2n) is 7.58. The Morgan fingerprint density at radius 1 is 1.22 bits per heavy atom. The summed E-state index contributed by atoms with van der Waals surface area (Å²) in [6.07, 6.45) is 4.95. The molecule has 1 aromatic rings. The highest BCUT2D eigenvalue weighted by Crippen LogP contribution is 2.52. The zero-order valence-corrected chi connectivity index (χ0v) is 13.3. The molecule has 3 aliphatic heterocycles. The summed E-state index contributed by atoms with van der Waals surface area (Å²) in [5.41, 5.74) is 1.32. The third-order valence-electron chi connectivity index (χ3n) is 6.35. The Hall–Kier alpha value is -1.46. The van der Waals surface area contributed by atoms with Crippen LogP contribution < -0.4 is 0 Å². The molecule has 0 N–H and O–H groups in total. The minimum atomic E-state index is 0.274. The van der Waals surface area contributed by atoms with Crippen LogP contribution >= 0.6 is 0 Å². The van der Waals surface area contributed by atoms with Gasteiger partial charge in [0, 0.05) is 44.0 Å². The van der Waals surface area contributed by atoms with Gasteiger partial charge in [-0.25, -0.2) is 0 Å². The molecule has 4 heterocycles. The highest BCUT2D eigenvalue weighted by Gasteiger charge is 2.60. The van der Waals surface area contributed by atoms with Crippen molar-refractivity contribution in [1.29, 1.82) is 0 Å². The zero-order chi connectivity index (χ0) is 15.4. The summed E-state index contributed by atoms with van der Waals surface area (Å²) in [4.78, 5) is 21.6. The van der Waals surface area contributed by atoms with E-state index in [4.69, 9.17) is 4.74 Å². The van der Waals surface area contributed by atoms with Gasteiger partial charge in [0.25, 0.3) is 0 Å². The lowest BCUT2D eigenvalue weighted by Crippen LogP contribution is -2.38. The maximum Gasteiger partial charge on any atom is 0.226 e. The molecule has 1 aromatic heterocycles. The number of amides is 1. The van der Waals surface area contributed by atoms with E-state index in [0.29, 0.717) is 29.7 Å². The summed E-state index contributed by atoms with van der Waals surface area (Å²) in [7, 11) is 0. The van der Waals surface area contributed by atoms with E-state index in [0.717, 1.165) is 39.4 Å². The molecule has 1 unspecified atom stereocenters. The average molecular weight is 313 g/mol. The van der Waals surface area contributed by atoms with Gasteiger partial charge in [0.2, 0.25) is 5.91 Å². The molecule has 4 aliphatic rings. The maximum atomic E-state index is 12.8. The van der Waals surface area contributed by atoms with Crippen LogP contribution in [0.1, 0.15) is 12.0 Å². The molecule has 5 heteroatoms. The lowest BCUT2D eigenvalue weighted by molar-refractivity contribution is -0.133. The first kappa shape index (κ1) is 13.9. The van der Waals surface area contributed by atoms with Gasteiger partial charge in [-0.3, -0.25) is 14.7 Å². The predicted molar refractivity (Wildman–Crippen MR) is 84.4 cm³/mol. The summed E-state index contributed by atoms with van der Waals surface area (Å²) >= 11 is 0. The fourth-order valence-electron chi connectivity index (χ4n) is 4.96. The Balaban J connectivity index is 1.23. The summed E-state index contributed by atoms with van der Waals surface area (Å²) in [6, 6.07) is 4.73. The molecule has 4 fully saturated rings. The van der Waals surface area contributed by atoms with Crippen LogP contribution in [-0.2, 0) is 16.1 Å². The number of hydrogen-bond acceptors (Lipinski definition) is 4.